The summed E-state index contributed by atoms with van der Waals surface area (Å²) in [5.74, 6) is -0.0526. The van der Waals surface area contributed by atoms with E-state index in [4.69, 9.17) is 26.1 Å². The third-order valence-corrected chi connectivity index (χ3v) is 11.2. The molecule has 2 saturated heterocycles. The smallest absolute Gasteiger partial charge is 0.409 e. The van der Waals surface area contributed by atoms with Crippen molar-refractivity contribution in [1.29, 1.82) is 0 Å². The highest BCUT2D eigenvalue weighted by Crippen LogP contribution is 2.43. The minimum Gasteiger partial charge on any atom is -0.461 e. The van der Waals surface area contributed by atoms with Gasteiger partial charge in [0.25, 0.3) is 0 Å². The number of nitrogens with zero attached hydrogens (tertiary/aromatic N) is 6. The Morgan fingerprint density at radius 1 is 1.08 bits per heavy atom. The molecule has 2 aromatic carbocycles. The van der Waals surface area contributed by atoms with Gasteiger partial charge in [-0.2, -0.15) is 9.97 Å². The van der Waals surface area contributed by atoms with E-state index in [2.05, 4.69) is 39.2 Å². The number of likely N-dealkylation sites (N-methyl/N-ethyl adjacent to an activating group) is 1. The molecule has 1 amide bonds. The molecule has 3 fully saturated rings. The lowest BCUT2D eigenvalue weighted by atomic mass is 9.75. The van der Waals surface area contributed by atoms with Gasteiger partial charge in [0.15, 0.2) is 5.82 Å². The SMILES string of the molecule is CN(C)C(=O)OCC1CC[C@@]2(COc3nc(NCC4(N(C)C)CCC4)c4cnc(-c5cccc6cccc(Cl)c56)c(F)c4n3)CCCN12. The molecule has 10 nitrogen and oxygen atoms in total. The maximum absolute atomic E-state index is 16.7. The summed E-state index contributed by atoms with van der Waals surface area (Å²) in [6, 6.07) is 11.5. The average Bonchev–Trinajstić information content (AvgIpc) is 3.61. The van der Waals surface area contributed by atoms with E-state index in [1.807, 2.05) is 30.3 Å². The number of fused-ring (bicyclic) bond motifs is 3. The number of nitrogens with one attached hydrogen (secondary N) is 1. The molecule has 0 bridgehead atoms. The summed E-state index contributed by atoms with van der Waals surface area (Å²) in [7, 11) is 7.56. The van der Waals surface area contributed by atoms with Gasteiger partial charge in [0.2, 0.25) is 0 Å². The molecule has 0 radical (unpaired) electrons. The first kappa shape index (κ1) is 32.7. The Balaban J connectivity index is 1.22. The van der Waals surface area contributed by atoms with E-state index in [-0.39, 0.29) is 40.4 Å². The van der Waals surface area contributed by atoms with Gasteiger partial charge in [-0.15, -0.1) is 0 Å². The van der Waals surface area contributed by atoms with Gasteiger partial charge in [-0.1, -0.05) is 41.9 Å². The lowest BCUT2D eigenvalue weighted by Crippen LogP contribution is -2.54. The minimum absolute atomic E-state index is 0.00210. The second-order valence-corrected chi connectivity index (χ2v) is 14.4. The molecular weight excluding hydrogens is 633 g/mol. The minimum atomic E-state index is -0.550. The molecule has 0 spiro atoms. The van der Waals surface area contributed by atoms with E-state index >= 15 is 4.39 Å². The normalized spacial score (nSPS) is 21.8. The molecule has 12 heteroatoms. The Labute approximate surface area is 285 Å². The lowest BCUT2D eigenvalue weighted by molar-refractivity contribution is 0.0484. The van der Waals surface area contributed by atoms with Crippen molar-refractivity contribution < 1.29 is 18.7 Å². The largest absolute Gasteiger partial charge is 0.461 e. The number of aromatic nitrogens is 3. The fourth-order valence-electron chi connectivity index (χ4n) is 7.82. The quantitative estimate of drug-likeness (QED) is 0.199. The monoisotopic (exact) mass is 675 g/mol. The first-order valence-corrected chi connectivity index (χ1v) is 17.2. The lowest BCUT2D eigenvalue weighted by Gasteiger charge is -2.47. The van der Waals surface area contributed by atoms with Crippen LogP contribution in [-0.4, -0.2) is 107 Å². The number of rotatable bonds is 10. The number of pyridine rings is 1. The van der Waals surface area contributed by atoms with E-state index in [1.165, 1.54) is 11.3 Å². The molecule has 7 rings (SSSR count). The van der Waals surface area contributed by atoms with Crippen LogP contribution in [0.3, 0.4) is 0 Å². The topological polar surface area (TPSA) is 96.0 Å². The molecule has 1 saturated carbocycles. The third-order valence-electron chi connectivity index (χ3n) is 10.9. The molecule has 4 heterocycles. The highest BCUT2D eigenvalue weighted by Gasteiger charge is 2.50. The summed E-state index contributed by atoms with van der Waals surface area (Å²) >= 11 is 6.63. The zero-order chi connectivity index (χ0) is 33.6. The van der Waals surface area contributed by atoms with Crippen molar-refractivity contribution in [2.75, 3.05) is 59.8 Å². The maximum Gasteiger partial charge on any atom is 0.409 e. The van der Waals surface area contributed by atoms with Crippen molar-refractivity contribution in [3.05, 3.63) is 53.4 Å². The van der Waals surface area contributed by atoms with E-state index in [0.717, 1.165) is 55.8 Å². The van der Waals surface area contributed by atoms with Crippen LogP contribution >= 0.6 is 11.6 Å². The number of hydrogen-bond acceptors (Lipinski definition) is 9. The number of anilines is 1. The van der Waals surface area contributed by atoms with Gasteiger partial charge in [-0.05, 0) is 77.0 Å². The van der Waals surface area contributed by atoms with Crippen molar-refractivity contribution in [3.8, 4) is 17.3 Å². The van der Waals surface area contributed by atoms with Gasteiger partial charge in [-0.3, -0.25) is 9.88 Å². The summed E-state index contributed by atoms with van der Waals surface area (Å²) in [5.41, 5.74) is 0.699. The van der Waals surface area contributed by atoms with Crippen molar-refractivity contribution in [2.24, 2.45) is 0 Å². The molecule has 2 atom stereocenters. The Bertz CT molecular complexity index is 1850. The highest BCUT2D eigenvalue weighted by molar-refractivity contribution is 6.36. The molecule has 1 aliphatic carbocycles. The standard InChI is InChI=1S/C36H43ClFN7O3/c1-43(2)34(46)47-20-24-13-17-36(16-8-18-45(24)36)22-48-33-41-31-26(32(42-33)40-21-35(44(3)4)14-7-15-35)19-39-30(29(31)38)25-11-5-9-23-10-6-12-27(37)28(23)25/h5-6,9-12,19,24H,7-8,13-18,20-22H2,1-4H3,(H,40,41,42)/t24?,36-/m1/s1. The van der Waals surface area contributed by atoms with E-state index in [9.17, 15) is 4.79 Å². The number of ether oxygens (including phenoxy) is 2. The molecular formula is C36H43ClFN7O3. The van der Waals surface area contributed by atoms with Crippen LogP contribution in [0.1, 0.15) is 44.9 Å². The molecule has 1 unspecified atom stereocenters. The predicted molar refractivity (Wildman–Crippen MR) is 186 cm³/mol. The first-order valence-electron chi connectivity index (χ1n) is 16.8. The number of amides is 1. The molecule has 2 aromatic heterocycles. The van der Waals surface area contributed by atoms with Crippen LogP contribution < -0.4 is 10.1 Å². The van der Waals surface area contributed by atoms with Crippen molar-refractivity contribution >= 4 is 45.2 Å². The van der Waals surface area contributed by atoms with Gasteiger partial charge in [0, 0.05) is 54.4 Å². The number of halogens is 2. The fraction of sp³-hybridized carbons (Fsp3) is 0.500. The van der Waals surface area contributed by atoms with Crippen molar-refractivity contribution in [3.63, 3.8) is 0 Å². The second kappa shape index (κ2) is 12.9. The van der Waals surface area contributed by atoms with Crippen LogP contribution in [0.25, 0.3) is 32.9 Å². The van der Waals surface area contributed by atoms with Gasteiger partial charge >= 0.3 is 12.1 Å². The number of carbonyl (C=O) groups excluding carboxylic acids is 1. The fourth-order valence-corrected chi connectivity index (χ4v) is 8.10. The Morgan fingerprint density at radius 3 is 2.60 bits per heavy atom. The molecule has 2 aliphatic heterocycles. The number of hydrogen-bond donors (Lipinski definition) is 1. The molecule has 4 aromatic rings. The maximum atomic E-state index is 16.7. The molecule has 48 heavy (non-hydrogen) atoms. The van der Waals surface area contributed by atoms with Gasteiger partial charge in [0.1, 0.15) is 30.2 Å². The summed E-state index contributed by atoms with van der Waals surface area (Å²) < 4.78 is 28.7. The molecule has 3 aliphatic rings. The van der Waals surface area contributed by atoms with Crippen LogP contribution in [0.5, 0.6) is 6.01 Å². The van der Waals surface area contributed by atoms with Crippen molar-refractivity contribution in [1.82, 2.24) is 29.7 Å². The van der Waals surface area contributed by atoms with E-state index < -0.39 is 5.82 Å². The average molecular weight is 676 g/mol. The summed E-state index contributed by atoms with van der Waals surface area (Å²) in [5, 5.41) is 6.19. The van der Waals surface area contributed by atoms with Gasteiger partial charge in [-0.25, -0.2) is 9.18 Å². The number of carbonyl (C=O) groups is 1. The zero-order valence-electron chi connectivity index (χ0n) is 28.1. The van der Waals surface area contributed by atoms with Crippen LogP contribution in [-0.2, 0) is 4.74 Å². The molecule has 254 valence electrons. The summed E-state index contributed by atoms with van der Waals surface area (Å²) in [6.45, 7) is 2.25. The highest BCUT2D eigenvalue weighted by atomic mass is 35.5. The third kappa shape index (κ3) is 5.79. The van der Waals surface area contributed by atoms with Crippen LogP contribution in [0.4, 0.5) is 15.0 Å². The zero-order valence-corrected chi connectivity index (χ0v) is 28.8. The van der Waals surface area contributed by atoms with Gasteiger partial charge in [0.05, 0.1) is 10.9 Å². The first-order chi connectivity index (χ1) is 23.1. The number of benzene rings is 2. The van der Waals surface area contributed by atoms with Gasteiger partial charge < -0.3 is 24.6 Å². The molecule has 1 N–H and O–H groups in total. The Hall–Kier alpha value is -3.80. The van der Waals surface area contributed by atoms with Crippen LogP contribution in [0.15, 0.2) is 42.6 Å². The van der Waals surface area contributed by atoms with Crippen LogP contribution in [0, 0.1) is 5.82 Å². The second-order valence-electron chi connectivity index (χ2n) is 14.0. The van der Waals surface area contributed by atoms with Crippen LogP contribution in [0.2, 0.25) is 5.02 Å². The van der Waals surface area contributed by atoms with E-state index in [1.54, 1.807) is 26.4 Å². The van der Waals surface area contributed by atoms with Crippen molar-refractivity contribution in [2.45, 2.75) is 62.1 Å². The van der Waals surface area contributed by atoms with E-state index in [0.29, 0.717) is 41.5 Å². The summed E-state index contributed by atoms with van der Waals surface area (Å²) in [4.78, 5) is 32.3. The Morgan fingerprint density at radius 2 is 1.88 bits per heavy atom. The predicted octanol–water partition coefficient (Wildman–Crippen LogP) is 6.61. The Kier molecular flexibility index (Phi) is 8.80. The summed E-state index contributed by atoms with van der Waals surface area (Å²) in [6.07, 6.45) is 8.41.